The van der Waals surface area contributed by atoms with Crippen molar-refractivity contribution in [1.29, 1.82) is 0 Å². The van der Waals surface area contributed by atoms with Gasteiger partial charge in [0.2, 0.25) is 0 Å². The molecule has 2 aromatic carbocycles. The third kappa shape index (κ3) is 3.39. The van der Waals surface area contributed by atoms with E-state index in [-0.39, 0.29) is 5.69 Å². The van der Waals surface area contributed by atoms with Gasteiger partial charge in [-0.3, -0.25) is 0 Å². The van der Waals surface area contributed by atoms with E-state index in [0.29, 0.717) is 16.4 Å². The van der Waals surface area contributed by atoms with Crippen LogP contribution in [0.5, 0.6) is 0 Å². The van der Waals surface area contributed by atoms with Crippen LogP contribution in [0.4, 0.5) is 26.2 Å². The summed E-state index contributed by atoms with van der Waals surface area (Å²) < 4.78 is 12.9. The van der Waals surface area contributed by atoms with Crippen LogP contribution >= 0.6 is 11.6 Å². The molecule has 0 atom stereocenters. The van der Waals surface area contributed by atoms with Gasteiger partial charge in [-0.05, 0) is 42.8 Å². The monoisotopic (exact) mass is 293 g/mol. The summed E-state index contributed by atoms with van der Waals surface area (Å²) >= 11 is 5.97. The molecule has 2 rings (SSSR count). The minimum atomic E-state index is -0.483. The van der Waals surface area contributed by atoms with E-state index >= 15 is 0 Å². The van der Waals surface area contributed by atoms with Gasteiger partial charge in [0.05, 0.1) is 11.4 Å². The Bertz CT molecular complexity index is 661. The van der Waals surface area contributed by atoms with Crippen molar-refractivity contribution in [3.05, 3.63) is 52.8 Å². The third-order valence-corrected chi connectivity index (χ3v) is 3.10. The molecule has 6 heteroatoms. The van der Waals surface area contributed by atoms with E-state index in [4.69, 9.17) is 17.3 Å². The Balaban J connectivity index is 2.07. The number of hydrogen-bond donors (Lipinski definition) is 3. The number of urea groups is 1. The van der Waals surface area contributed by atoms with Crippen LogP contribution in [0.3, 0.4) is 0 Å². The zero-order valence-corrected chi connectivity index (χ0v) is 11.5. The Labute approximate surface area is 120 Å². The SMILES string of the molecule is Cc1ccc(NC(=O)Nc2ccc(F)cc2N)cc1Cl. The predicted octanol–water partition coefficient (Wildman–Crippen LogP) is 4.01. The van der Waals surface area contributed by atoms with E-state index < -0.39 is 11.8 Å². The number of anilines is 3. The maximum absolute atomic E-state index is 12.9. The number of halogens is 2. The van der Waals surface area contributed by atoms with Gasteiger partial charge < -0.3 is 16.4 Å². The number of aryl methyl sites for hydroxylation is 1. The van der Waals surface area contributed by atoms with Gasteiger partial charge in [0.15, 0.2) is 0 Å². The molecule has 0 radical (unpaired) electrons. The lowest BCUT2D eigenvalue weighted by Gasteiger charge is -2.10. The van der Waals surface area contributed by atoms with Crippen molar-refractivity contribution in [2.75, 3.05) is 16.4 Å². The van der Waals surface area contributed by atoms with E-state index in [0.717, 1.165) is 11.6 Å². The summed E-state index contributed by atoms with van der Waals surface area (Å²) in [6, 6.07) is 8.44. The molecule has 104 valence electrons. The molecule has 0 unspecified atom stereocenters. The average molecular weight is 294 g/mol. The molecule has 0 bridgehead atoms. The van der Waals surface area contributed by atoms with Gasteiger partial charge in [-0.15, -0.1) is 0 Å². The maximum atomic E-state index is 12.9. The number of carbonyl (C=O) groups excluding carboxylic acids is 1. The molecule has 0 heterocycles. The highest BCUT2D eigenvalue weighted by Gasteiger charge is 2.07. The minimum Gasteiger partial charge on any atom is -0.397 e. The molecule has 2 amide bonds. The average Bonchev–Trinajstić information content (AvgIpc) is 2.37. The van der Waals surface area contributed by atoms with Crippen LogP contribution in [-0.2, 0) is 0 Å². The molecular weight excluding hydrogens is 281 g/mol. The number of amides is 2. The highest BCUT2D eigenvalue weighted by atomic mass is 35.5. The Morgan fingerprint density at radius 2 is 1.95 bits per heavy atom. The fraction of sp³-hybridized carbons (Fsp3) is 0.0714. The maximum Gasteiger partial charge on any atom is 0.323 e. The predicted molar refractivity (Wildman–Crippen MR) is 79.6 cm³/mol. The second-order valence-electron chi connectivity index (χ2n) is 4.27. The highest BCUT2D eigenvalue weighted by Crippen LogP contribution is 2.21. The molecule has 4 nitrogen and oxygen atoms in total. The second kappa shape index (κ2) is 5.79. The van der Waals surface area contributed by atoms with Crippen molar-refractivity contribution in [3.8, 4) is 0 Å². The molecule has 0 aliphatic heterocycles. The van der Waals surface area contributed by atoms with E-state index in [2.05, 4.69) is 10.6 Å². The highest BCUT2D eigenvalue weighted by molar-refractivity contribution is 6.31. The lowest BCUT2D eigenvalue weighted by Crippen LogP contribution is -2.20. The summed E-state index contributed by atoms with van der Waals surface area (Å²) in [5.41, 5.74) is 7.56. The van der Waals surface area contributed by atoms with Gasteiger partial charge in [-0.2, -0.15) is 0 Å². The summed E-state index contributed by atoms with van der Waals surface area (Å²) in [7, 11) is 0. The number of benzene rings is 2. The molecule has 0 fully saturated rings. The van der Waals surface area contributed by atoms with E-state index in [1.807, 2.05) is 6.92 Å². The van der Waals surface area contributed by atoms with Gasteiger partial charge in [-0.1, -0.05) is 17.7 Å². The van der Waals surface area contributed by atoms with E-state index in [1.54, 1.807) is 18.2 Å². The summed E-state index contributed by atoms with van der Waals surface area (Å²) in [5, 5.41) is 5.71. The zero-order valence-electron chi connectivity index (χ0n) is 10.7. The molecule has 2 aromatic rings. The van der Waals surface area contributed by atoms with Crippen LogP contribution in [0.15, 0.2) is 36.4 Å². The minimum absolute atomic E-state index is 0.155. The summed E-state index contributed by atoms with van der Waals surface area (Å²) in [6.07, 6.45) is 0. The number of rotatable bonds is 2. The standard InChI is InChI=1S/C14H13ClFN3O/c1-8-2-4-10(7-11(8)15)18-14(20)19-13-5-3-9(16)6-12(13)17/h2-7H,17H2,1H3,(H2,18,19,20). The molecule has 0 saturated carbocycles. The van der Waals surface area contributed by atoms with E-state index in [1.165, 1.54) is 12.1 Å². The van der Waals surface area contributed by atoms with Crippen molar-refractivity contribution in [3.63, 3.8) is 0 Å². The molecule has 4 N–H and O–H groups in total. The zero-order chi connectivity index (χ0) is 14.7. The first-order valence-electron chi connectivity index (χ1n) is 5.85. The molecule has 0 aliphatic rings. The number of nitrogens with one attached hydrogen (secondary N) is 2. The molecule has 0 aliphatic carbocycles. The fourth-order valence-electron chi connectivity index (χ4n) is 1.60. The number of carbonyl (C=O) groups is 1. The Morgan fingerprint density at radius 3 is 2.60 bits per heavy atom. The first-order valence-corrected chi connectivity index (χ1v) is 6.22. The van der Waals surface area contributed by atoms with Gasteiger partial charge in [0, 0.05) is 10.7 Å². The second-order valence-corrected chi connectivity index (χ2v) is 4.68. The largest absolute Gasteiger partial charge is 0.397 e. The third-order valence-electron chi connectivity index (χ3n) is 2.69. The van der Waals surface area contributed by atoms with Crippen LogP contribution < -0.4 is 16.4 Å². The lowest BCUT2D eigenvalue weighted by molar-refractivity contribution is 0.262. The van der Waals surface area contributed by atoms with Gasteiger partial charge >= 0.3 is 6.03 Å². The number of hydrogen-bond acceptors (Lipinski definition) is 2. The quantitative estimate of drug-likeness (QED) is 0.732. The van der Waals surface area contributed by atoms with Gasteiger partial charge in [0.1, 0.15) is 5.82 Å². The summed E-state index contributed by atoms with van der Waals surface area (Å²) in [5.74, 6) is -0.459. The van der Waals surface area contributed by atoms with Crippen LogP contribution in [-0.4, -0.2) is 6.03 Å². The van der Waals surface area contributed by atoms with E-state index in [9.17, 15) is 9.18 Å². The Kier molecular flexibility index (Phi) is 4.10. The van der Waals surface area contributed by atoms with Crippen molar-refractivity contribution in [2.24, 2.45) is 0 Å². The first kappa shape index (κ1) is 14.1. The van der Waals surface area contributed by atoms with Crippen LogP contribution in [0, 0.1) is 12.7 Å². The molecule has 0 spiro atoms. The van der Waals surface area contributed by atoms with Crippen molar-refractivity contribution < 1.29 is 9.18 Å². The van der Waals surface area contributed by atoms with Crippen molar-refractivity contribution in [2.45, 2.75) is 6.92 Å². The Morgan fingerprint density at radius 1 is 1.20 bits per heavy atom. The lowest BCUT2D eigenvalue weighted by atomic mass is 10.2. The topological polar surface area (TPSA) is 67.2 Å². The molecule has 0 aromatic heterocycles. The number of nitrogen functional groups attached to an aromatic ring is 1. The van der Waals surface area contributed by atoms with Gasteiger partial charge in [-0.25, -0.2) is 9.18 Å². The normalized spacial score (nSPS) is 10.2. The molecular formula is C14H13ClFN3O. The Hall–Kier alpha value is -2.27. The van der Waals surface area contributed by atoms with Crippen LogP contribution in [0.25, 0.3) is 0 Å². The van der Waals surface area contributed by atoms with Crippen LogP contribution in [0.1, 0.15) is 5.56 Å². The number of nitrogens with two attached hydrogens (primary N) is 1. The molecule has 20 heavy (non-hydrogen) atoms. The van der Waals surface area contributed by atoms with Crippen molar-refractivity contribution in [1.82, 2.24) is 0 Å². The smallest absolute Gasteiger partial charge is 0.323 e. The first-order chi connectivity index (χ1) is 9.45. The fourth-order valence-corrected chi connectivity index (χ4v) is 1.78. The van der Waals surface area contributed by atoms with Crippen molar-refractivity contribution >= 4 is 34.7 Å². The van der Waals surface area contributed by atoms with Gasteiger partial charge in [0.25, 0.3) is 0 Å². The summed E-state index contributed by atoms with van der Waals surface area (Å²) in [4.78, 5) is 11.8. The van der Waals surface area contributed by atoms with Crippen LogP contribution in [0.2, 0.25) is 5.02 Å². The molecule has 0 saturated heterocycles. The summed E-state index contributed by atoms with van der Waals surface area (Å²) in [6.45, 7) is 1.87.